The second kappa shape index (κ2) is 14.4. The number of furan rings is 1. The normalized spacial score (nSPS) is 17.8. The summed E-state index contributed by atoms with van der Waals surface area (Å²) in [6.45, 7) is 4.76. The Kier molecular flexibility index (Phi) is 8.32. The minimum Gasteiger partial charge on any atom is -0.456 e. The molecular weight excluding hydrogens is 815 g/mol. The van der Waals surface area contributed by atoms with Crippen molar-refractivity contribution in [1.82, 2.24) is 0 Å². The van der Waals surface area contributed by atoms with Gasteiger partial charge in [0.1, 0.15) is 22.7 Å². The van der Waals surface area contributed by atoms with Crippen molar-refractivity contribution >= 4 is 39.0 Å². The maximum atomic E-state index is 7.48. The molecule has 1 saturated carbocycles. The van der Waals surface area contributed by atoms with Gasteiger partial charge in [-0.3, -0.25) is 0 Å². The van der Waals surface area contributed by atoms with Crippen LogP contribution in [0.4, 0.5) is 17.1 Å². The van der Waals surface area contributed by atoms with Crippen LogP contribution in [0.25, 0.3) is 44.2 Å². The average Bonchev–Trinajstić information content (AvgIpc) is 3.98. The van der Waals surface area contributed by atoms with Crippen molar-refractivity contribution in [1.29, 1.82) is 0 Å². The molecule has 0 N–H and O–H groups in total. The van der Waals surface area contributed by atoms with Gasteiger partial charge in [0.05, 0.1) is 11.1 Å². The maximum absolute atomic E-state index is 7.48. The minimum absolute atomic E-state index is 0.174. The van der Waals surface area contributed by atoms with Crippen LogP contribution in [0, 0.1) is 0 Å². The van der Waals surface area contributed by atoms with E-state index in [2.05, 4.69) is 219 Å². The van der Waals surface area contributed by atoms with Gasteiger partial charge in [-0.15, -0.1) is 0 Å². The van der Waals surface area contributed by atoms with Gasteiger partial charge in [0, 0.05) is 49.8 Å². The summed E-state index contributed by atoms with van der Waals surface area (Å²) in [5, 5.41) is 2.22. The molecular formula is C64H49NO2. The third kappa shape index (κ3) is 5.46. The monoisotopic (exact) mass is 863 g/mol. The van der Waals surface area contributed by atoms with E-state index in [1.807, 2.05) is 0 Å². The van der Waals surface area contributed by atoms with E-state index in [-0.39, 0.29) is 11.3 Å². The van der Waals surface area contributed by atoms with Gasteiger partial charge in [-0.25, -0.2) is 0 Å². The van der Waals surface area contributed by atoms with Crippen molar-refractivity contribution in [3.8, 4) is 33.8 Å². The molecule has 1 aromatic heterocycles. The maximum Gasteiger partial charge on any atom is 0.135 e. The first-order chi connectivity index (χ1) is 33.0. The summed E-state index contributed by atoms with van der Waals surface area (Å²) in [4.78, 5) is 2.57. The number of hydrogen-bond acceptors (Lipinski definition) is 3. The lowest BCUT2D eigenvalue weighted by Gasteiger charge is -2.42. The van der Waals surface area contributed by atoms with Gasteiger partial charge >= 0.3 is 0 Å². The molecule has 10 aromatic rings. The third-order valence-electron chi connectivity index (χ3n) is 16.0. The molecule has 3 nitrogen and oxygen atoms in total. The fourth-order valence-electron chi connectivity index (χ4n) is 13.1. The van der Waals surface area contributed by atoms with E-state index in [9.17, 15) is 0 Å². The Labute approximate surface area is 391 Å². The number of rotatable bonds is 5. The van der Waals surface area contributed by atoms with Crippen LogP contribution in [0.1, 0.15) is 95.9 Å². The average molecular weight is 864 g/mol. The number of nitrogens with zero attached hydrogens (tertiary/aromatic N) is 1. The van der Waals surface area contributed by atoms with Crippen LogP contribution in [-0.2, 0) is 10.8 Å². The Balaban J connectivity index is 1.10. The van der Waals surface area contributed by atoms with Crippen LogP contribution in [0.15, 0.2) is 205 Å². The summed E-state index contributed by atoms with van der Waals surface area (Å²) in [5.41, 5.74) is 19.9. The first-order valence-electron chi connectivity index (χ1n) is 24.1. The van der Waals surface area contributed by atoms with E-state index >= 15 is 0 Å². The van der Waals surface area contributed by atoms with Gasteiger partial charge < -0.3 is 14.1 Å². The highest BCUT2D eigenvalue weighted by atomic mass is 16.5. The van der Waals surface area contributed by atoms with Gasteiger partial charge in [-0.1, -0.05) is 172 Å². The number of para-hydroxylation sites is 2. The Morgan fingerprint density at radius 1 is 0.478 bits per heavy atom. The summed E-state index contributed by atoms with van der Waals surface area (Å²) < 4.78 is 14.0. The summed E-state index contributed by atoms with van der Waals surface area (Å²) >= 11 is 0. The smallest absolute Gasteiger partial charge is 0.135 e. The van der Waals surface area contributed by atoms with Crippen molar-refractivity contribution < 1.29 is 9.15 Å². The molecule has 0 bridgehead atoms. The van der Waals surface area contributed by atoms with Crippen molar-refractivity contribution in [2.45, 2.75) is 62.2 Å². The highest BCUT2D eigenvalue weighted by molar-refractivity contribution is 6.07. The van der Waals surface area contributed by atoms with E-state index in [1.54, 1.807) is 0 Å². The highest BCUT2D eigenvalue weighted by Crippen LogP contribution is 2.65. The van der Waals surface area contributed by atoms with Crippen LogP contribution in [0.5, 0.6) is 11.5 Å². The van der Waals surface area contributed by atoms with Crippen molar-refractivity contribution in [2.24, 2.45) is 0 Å². The lowest BCUT2D eigenvalue weighted by molar-refractivity contribution is 0.374. The molecule has 2 unspecified atom stereocenters. The number of anilines is 3. The van der Waals surface area contributed by atoms with E-state index in [0.717, 1.165) is 69.8 Å². The van der Waals surface area contributed by atoms with Gasteiger partial charge in [-0.05, 0) is 124 Å². The summed E-state index contributed by atoms with van der Waals surface area (Å²) in [5.74, 6) is 2.67. The van der Waals surface area contributed by atoms with Crippen LogP contribution < -0.4 is 9.64 Å². The van der Waals surface area contributed by atoms with E-state index in [1.165, 1.54) is 73.2 Å². The van der Waals surface area contributed by atoms with Crippen LogP contribution in [0.3, 0.4) is 0 Å². The fraction of sp³-hybridized carbons (Fsp3) is 0.156. The molecule has 2 heterocycles. The number of ether oxygens (including phenoxy) is 1. The standard InChI is InChI=1S/C64H49NO2/c1-63(2)51-26-10-8-25-48(51)61-55(63)30-17-31-57(61)65(43-34-35-59-50(37-43)47-24-9-14-32-58(47)66-59)44-38-49(42-21-16-20-41(36-42)40-18-4-3-5-19-40)62-56(39-44)64(54-29-13-15-33-60(54)67-62)52-27-11-6-22-45(52)46-23-7-12-28-53(46)64/h3-15,17-19,22-35,37-39,41-42H,16,20-21,36H2,1-2H3. The predicted molar refractivity (Wildman–Crippen MR) is 274 cm³/mol. The molecule has 4 aliphatic rings. The molecule has 322 valence electrons. The molecule has 0 radical (unpaired) electrons. The Hall–Kier alpha value is -7.62. The van der Waals surface area contributed by atoms with Crippen molar-refractivity contribution in [3.05, 3.63) is 245 Å². The molecule has 9 aromatic carbocycles. The van der Waals surface area contributed by atoms with E-state index in [0.29, 0.717) is 5.92 Å². The van der Waals surface area contributed by atoms with Crippen LogP contribution in [-0.4, -0.2) is 0 Å². The van der Waals surface area contributed by atoms with Crippen LogP contribution >= 0.6 is 0 Å². The molecule has 1 spiro atoms. The number of hydrogen-bond donors (Lipinski definition) is 0. The molecule has 14 rings (SSSR count). The van der Waals surface area contributed by atoms with E-state index in [4.69, 9.17) is 9.15 Å². The predicted octanol–water partition coefficient (Wildman–Crippen LogP) is 17.3. The molecule has 0 amide bonds. The van der Waals surface area contributed by atoms with Gasteiger partial charge in [-0.2, -0.15) is 0 Å². The largest absolute Gasteiger partial charge is 0.456 e. The molecule has 3 aliphatic carbocycles. The minimum atomic E-state index is -0.626. The zero-order valence-electron chi connectivity index (χ0n) is 37.8. The Morgan fingerprint density at radius 2 is 1.12 bits per heavy atom. The van der Waals surface area contributed by atoms with Gasteiger partial charge in [0.15, 0.2) is 0 Å². The quantitative estimate of drug-likeness (QED) is 0.172. The second-order valence-corrected chi connectivity index (χ2v) is 19.8. The lowest BCUT2D eigenvalue weighted by atomic mass is 9.64. The molecule has 1 aliphatic heterocycles. The first kappa shape index (κ1) is 38.6. The first-order valence-corrected chi connectivity index (χ1v) is 24.1. The Morgan fingerprint density at radius 3 is 1.93 bits per heavy atom. The van der Waals surface area contributed by atoms with Gasteiger partial charge in [0.2, 0.25) is 0 Å². The zero-order chi connectivity index (χ0) is 44.4. The summed E-state index contributed by atoms with van der Waals surface area (Å²) in [6.07, 6.45) is 4.50. The van der Waals surface area contributed by atoms with Gasteiger partial charge in [0.25, 0.3) is 0 Å². The van der Waals surface area contributed by atoms with Crippen LogP contribution in [0.2, 0.25) is 0 Å². The van der Waals surface area contributed by atoms with Crippen molar-refractivity contribution in [3.63, 3.8) is 0 Å². The topological polar surface area (TPSA) is 25.6 Å². The molecule has 2 atom stereocenters. The molecule has 3 heteroatoms. The number of fused-ring (bicyclic) bond motifs is 15. The molecule has 1 fully saturated rings. The Bertz CT molecular complexity index is 3590. The summed E-state index contributed by atoms with van der Waals surface area (Å²) in [6, 6.07) is 74.6. The lowest BCUT2D eigenvalue weighted by Crippen LogP contribution is -2.33. The van der Waals surface area contributed by atoms with E-state index < -0.39 is 5.41 Å². The number of benzene rings is 9. The molecule has 0 saturated heterocycles. The molecule has 67 heavy (non-hydrogen) atoms. The second-order valence-electron chi connectivity index (χ2n) is 19.8. The zero-order valence-corrected chi connectivity index (χ0v) is 37.8. The fourth-order valence-corrected chi connectivity index (χ4v) is 13.1. The third-order valence-corrected chi connectivity index (χ3v) is 16.0. The summed E-state index contributed by atoms with van der Waals surface area (Å²) in [7, 11) is 0. The highest BCUT2D eigenvalue weighted by Gasteiger charge is 2.52. The SMILES string of the molecule is CC1(C)c2ccccc2-c2c(N(c3cc(C4CCCC(c5ccccc5)C4)c4c(c3)C3(c5ccccc5O4)c4ccccc4-c4ccccc43)c3ccc4oc5ccccc5c4c3)cccc21. The van der Waals surface area contributed by atoms with Crippen molar-refractivity contribution in [2.75, 3.05) is 4.90 Å².